The average molecular weight is 306 g/mol. The summed E-state index contributed by atoms with van der Waals surface area (Å²) in [6, 6.07) is 9.61. The Morgan fingerprint density at radius 3 is 2.67 bits per heavy atom. The Hall–Kier alpha value is -2.11. The second-order valence-electron chi connectivity index (χ2n) is 4.74. The van der Waals surface area contributed by atoms with Crippen molar-refractivity contribution in [1.82, 2.24) is 15.3 Å². The minimum absolute atomic E-state index is 0.271. The van der Waals surface area contributed by atoms with Gasteiger partial charge in [-0.3, -0.25) is 0 Å². The Morgan fingerprint density at radius 2 is 1.95 bits per heavy atom. The van der Waals surface area contributed by atoms with Crippen LogP contribution in [0.1, 0.15) is 17.2 Å². The van der Waals surface area contributed by atoms with Crippen LogP contribution in [0.15, 0.2) is 41.2 Å². The lowest BCUT2D eigenvalue weighted by atomic mass is 9.98. The molecule has 0 radical (unpaired) electrons. The van der Waals surface area contributed by atoms with Gasteiger partial charge in [0.15, 0.2) is 0 Å². The number of H-pyrrole nitrogens is 2. The molecule has 3 rings (SSSR count). The summed E-state index contributed by atoms with van der Waals surface area (Å²) in [5, 5.41) is 3.42. The molecular weight excluding hydrogens is 293 g/mol. The summed E-state index contributed by atoms with van der Waals surface area (Å²) in [5.41, 5.74) is 2.31. The molecule has 0 aliphatic carbocycles. The zero-order valence-corrected chi connectivity index (χ0v) is 12.0. The van der Waals surface area contributed by atoms with E-state index in [9.17, 15) is 9.18 Å². The lowest BCUT2D eigenvalue weighted by molar-refractivity contribution is 0.576. The first-order chi connectivity index (χ1) is 10.1. The van der Waals surface area contributed by atoms with Crippen LogP contribution in [0.5, 0.6) is 0 Å². The molecule has 0 amide bonds. The van der Waals surface area contributed by atoms with Gasteiger partial charge >= 0.3 is 5.69 Å². The molecule has 1 heterocycles. The van der Waals surface area contributed by atoms with Crippen LogP contribution in [0.2, 0.25) is 5.02 Å². The molecule has 2 aromatic carbocycles. The molecular formula is C15H13ClFN3O. The molecule has 4 nitrogen and oxygen atoms in total. The number of hydrogen-bond acceptors (Lipinski definition) is 2. The molecule has 1 aromatic heterocycles. The molecule has 0 aliphatic rings. The largest absolute Gasteiger partial charge is 0.323 e. The van der Waals surface area contributed by atoms with Gasteiger partial charge in [0.05, 0.1) is 17.1 Å². The molecule has 0 bridgehead atoms. The van der Waals surface area contributed by atoms with Gasteiger partial charge < -0.3 is 15.3 Å². The van der Waals surface area contributed by atoms with Crippen molar-refractivity contribution >= 4 is 22.6 Å². The summed E-state index contributed by atoms with van der Waals surface area (Å²) in [5.74, 6) is -0.371. The van der Waals surface area contributed by atoms with Gasteiger partial charge in [-0.05, 0) is 36.9 Å². The molecule has 0 spiro atoms. The monoisotopic (exact) mass is 305 g/mol. The molecule has 1 unspecified atom stereocenters. The Morgan fingerprint density at radius 1 is 1.19 bits per heavy atom. The number of imidazole rings is 1. The number of nitrogens with one attached hydrogen (secondary N) is 3. The fraction of sp³-hybridized carbons (Fsp3) is 0.133. The SMILES string of the molecule is CNC(c1ccc2[nH]c(=O)[nH]c2c1)c1c(F)cccc1Cl. The van der Waals surface area contributed by atoms with Gasteiger partial charge in [0, 0.05) is 10.6 Å². The van der Waals surface area contributed by atoms with Crippen LogP contribution in [0.3, 0.4) is 0 Å². The van der Waals surface area contributed by atoms with Crippen LogP contribution in [-0.4, -0.2) is 17.0 Å². The number of benzene rings is 2. The third-order valence-electron chi connectivity index (χ3n) is 3.45. The number of hydrogen-bond donors (Lipinski definition) is 3. The Kier molecular flexibility index (Phi) is 3.53. The lowest BCUT2D eigenvalue weighted by Crippen LogP contribution is -2.19. The van der Waals surface area contributed by atoms with E-state index < -0.39 is 6.04 Å². The van der Waals surface area contributed by atoms with Crippen LogP contribution in [0.25, 0.3) is 11.0 Å². The van der Waals surface area contributed by atoms with Crippen molar-refractivity contribution in [3.63, 3.8) is 0 Å². The van der Waals surface area contributed by atoms with Gasteiger partial charge in [-0.15, -0.1) is 0 Å². The lowest BCUT2D eigenvalue weighted by Gasteiger charge is -2.19. The molecule has 3 N–H and O–H groups in total. The third kappa shape index (κ3) is 2.46. The molecule has 0 aliphatic heterocycles. The summed E-state index contributed by atoms with van der Waals surface area (Å²) in [7, 11) is 1.73. The quantitative estimate of drug-likeness (QED) is 0.697. The molecule has 1 atom stereocenters. The molecule has 6 heteroatoms. The first-order valence-corrected chi connectivity index (χ1v) is 6.81. The molecule has 21 heavy (non-hydrogen) atoms. The number of fused-ring (bicyclic) bond motifs is 1. The highest BCUT2D eigenvalue weighted by Gasteiger charge is 2.19. The Balaban J connectivity index is 2.15. The second-order valence-corrected chi connectivity index (χ2v) is 5.15. The van der Waals surface area contributed by atoms with Crippen molar-refractivity contribution in [3.05, 3.63) is 68.8 Å². The summed E-state index contributed by atoms with van der Waals surface area (Å²) in [6.45, 7) is 0. The molecule has 3 aromatic rings. The second kappa shape index (κ2) is 5.35. The first-order valence-electron chi connectivity index (χ1n) is 6.43. The summed E-state index contributed by atoms with van der Waals surface area (Å²) < 4.78 is 14.1. The van der Waals surface area contributed by atoms with E-state index in [1.165, 1.54) is 6.07 Å². The Bertz CT molecular complexity index is 835. The summed E-state index contributed by atoms with van der Waals surface area (Å²) >= 11 is 6.13. The zero-order chi connectivity index (χ0) is 15.0. The maximum atomic E-state index is 14.1. The van der Waals surface area contributed by atoms with Crippen LogP contribution in [0, 0.1) is 5.82 Å². The van der Waals surface area contributed by atoms with Crippen molar-refractivity contribution in [2.24, 2.45) is 0 Å². The molecule has 108 valence electrons. The van der Waals surface area contributed by atoms with Crippen molar-refractivity contribution in [2.75, 3.05) is 7.05 Å². The van der Waals surface area contributed by atoms with Gasteiger partial charge in [0.1, 0.15) is 5.82 Å². The summed E-state index contributed by atoms with van der Waals surface area (Å²) in [4.78, 5) is 16.7. The fourth-order valence-corrected chi connectivity index (χ4v) is 2.77. The predicted octanol–water partition coefficient (Wildman–Crippen LogP) is 2.96. The maximum Gasteiger partial charge on any atom is 0.323 e. The highest BCUT2D eigenvalue weighted by atomic mass is 35.5. The normalized spacial score (nSPS) is 12.7. The van der Waals surface area contributed by atoms with E-state index >= 15 is 0 Å². The van der Waals surface area contributed by atoms with Gasteiger partial charge in [0.2, 0.25) is 0 Å². The number of aromatic amines is 2. The smallest absolute Gasteiger partial charge is 0.309 e. The van der Waals surface area contributed by atoms with E-state index in [-0.39, 0.29) is 11.5 Å². The predicted molar refractivity (Wildman–Crippen MR) is 81.2 cm³/mol. The zero-order valence-electron chi connectivity index (χ0n) is 11.2. The molecule has 0 saturated carbocycles. The third-order valence-corrected chi connectivity index (χ3v) is 3.78. The average Bonchev–Trinajstić information content (AvgIpc) is 2.82. The highest BCUT2D eigenvalue weighted by Crippen LogP contribution is 2.31. The van der Waals surface area contributed by atoms with Gasteiger partial charge in [0.25, 0.3) is 0 Å². The van der Waals surface area contributed by atoms with Gasteiger partial charge in [-0.1, -0.05) is 23.7 Å². The maximum absolute atomic E-state index is 14.1. The van der Waals surface area contributed by atoms with E-state index in [0.717, 1.165) is 5.56 Å². The van der Waals surface area contributed by atoms with Crippen LogP contribution < -0.4 is 11.0 Å². The fourth-order valence-electron chi connectivity index (χ4n) is 2.49. The van der Waals surface area contributed by atoms with Crippen LogP contribution in [-0.2, 0) is 0 Å². The topological polar surface area (TPSA) is 60.7 Å². The first kappa shape index (κ1) is 13.9. The van der Waals surface area contributed by atoms with E-state index in [4.69, 9.17) is 11.6 Å². The van der Waals surface area contributed by atoms with Crippen LogP contribution in [0.4, 0.5) is 4.39 Å². The Labute approximate surface area is 125 Å². The highest BCUT2D eigenvalue weighted by molar-refractivity contribution is 6.31. The van der Waals surface area contributed by atoms with Gasteiger partial charge in [-0.2, -0.15) is 0 Å². The minimum atomic E-state index is -0.401. The van der Waals surface area contributed by atoms with Crippen molar-refractivity contribution in [3.8, 4) is 0 Å². The van der Waals surface area contributed by atoms with Crippen molar-refractivity contribution in [2.45, 2.75) is 6.04 Å². The van der Waals surface area contributed by atoms with Crippen molar-refractivity contribution in [1.29, 1.82) is 0 Å². The number of aromatic nitrogens is 2. The molecule has 0 fully saturated rings. The van der Waals surface area contributed by atoms with E-state index in [0.29, 0.717) is 21.6 Å². The number of rotatable bonds is 3. The molecule has 0 saturated heterocycles. The van der Waals surface area contributed by atoms with Crippen molar-refractivity contribution < 1.29 is 4.39 Å². The van der Waals surface area contributed by atoms with E-state index in [1.54, 1.807) is 31.3 Å². The van der Waals surface area contributed by atoms with E-state index in [2.05, 4.69) is 15.3 Å². The standard InChI is InChI=1S/C15H13ClFN3O/c1-18-14(13-9(16)3-2-4-10(13)17)8-5-6-11-12(7-8)20-15(21)19-11/h2-7,14,18H,1H3,(H2,19,20,21). The van der Waals surface area contributed by atoms with Crippen LogP contribution >= 0.6 is 11.6 Å². The van der Waals surface area contributed by atoms with E-state index in [1.807, 2.05) is 6.07 Å². The number of halogens is 2. The summed E-state index contributed by atoms with van der Waals surface area (Å²) in [6.07, 6.45) is 0. The van der Waals surface area contributed by atoms with Gasteiger partial charge in [-0.25, -0.2) is 9.18 Å². The minimum Gasteiger partial charge on any atom is -0.309 e.